The molecular formula is C22H20F3N3O4S2. The lowest BCUT2D eigenvalue weighted by Crippen LogP contribution is -2.07. The fourth-order valence-electron chi connectivity index (χ4n) is 2.82. The van der Waals surface area contributed by atoms with Crippen LogP contribution in [0.25, 0.3) is 6.08 Å². The number of hydrogen-bond donors (Lipinski definition) is 1. The van der Waals surface area contributed by atoms with Crippen LogP contribution in [0.1, 0.15) is 16.7 Å². The Hall–Kier alpha value is -3.25. The Balaban J connectivity index is 1.60. The number of carbonyl (C=O) groups excluding carboxylic acids is 1. The van der Waals surface area contributed by atoms with Gasteiger partial charge in [0.2, 0.25) is 16.8 Å². The first kappa shape index (κ1) is 25.4. The molecule has 0 spiro atoms. The normalized spacial score (nSPS) is 11.5. The Kier molecular flexibility index (Phi) is 8.40. The zero-order valence-corrected chi connectivity index (χ0v) is 19.9. The van der Waals surface area contributed by atoms with Crippen molar-refractivity contribution < 1.29 is 32.2 Å². The van der Waals surface area contributed by atoms with Gasteiger partial charge in [0, 0.05) is 11.8 Å². The van der Waals surface area contributed by atoms with Gasteiger partial charge in [0.15, 0.2) is 15.8 Å². The summed E-state index contributed by atoms with van der Waals surface area (Å²) < 4.78 is 54.9. The Bertz CT molecular complexity index is 1160. The molecule has 12 heteroatoms. The van der Waals surface area contributed by atoms with Crippen molar-refractivity contribution >= 4 is 40.2 Å². The molecule has 1 aromatic heterocycles. The van der Waals surface area contributed by atoms with Crippen molar-refractivity contribution in [1.29, 1.82) is 0 Å². The van der Waals surface area contributed by atoms with E-state index in [9.17, 15) is 18.0 Å². The fraction of sp³-hybridized carbons (Fsp3) is 0.227. The zero-order valence-electron chi connectivity index (χ0n) is 18.3. The van der Waals surface area contributed by atoms with E-state index in [1.165, 1.54) is 45.2 Å². The third kappa shape index (κ3) is 6.64. The molecule has 0 atom stereocenters. The predicted molar refractivity (Wildman–Crippen MR) is 125 cm³/mol. The number of ether oxygens (including phenoxy) is 3. The van der Waals surface area contributed by atoms with E-state index >= 15 is 0 Å². The summed E-state index contributed by atoms with van der Waals surface area (Å²) >= 11 is 2.36. The second kappa shape index (κ2) is 11.3. The van der Waals surface area contributed by atoms with Crippen molar-refractivity contribution in [2.75, 3.05) is 26.6 Å². The van der Waals surface area contributed by atoms with Crippen LogP contribution in [0.3, 0.4) is 0 Å². The van der Waals surface area contributed by atoms with E-state index in [1.54, 1.807) is 24.3 Å². The molecule has 0 radical (unpaired) electrons. The Morgan fingerprint density at radius 1 is 1.09 bits per heavy atom. The molecular weight excluding hydrogens is 491 g/mol. The number of benzene rings is 2. The second-order valence-corrected chi connectivity index (χ2v) is 8.84. The number of aromatic nitrogens is 2. The highest BCUT2D eigenvalue weighted by molar-refractivity contribution is 8.00. The highest BCUT2D eigenvalue weighted by Crippen LogP contribution is 2.38. The number of methoxy groups -OCH3 is 3. The molecule has 2 aromatic carbocycles. The molecule has 0 aliphatic heterocycles. The van der Waals surface area contributed by atoms with E-state index in [4.69, 9.17) is 14.2 Å². The molecule has 180 valence electrons. The number of hydrogen-bond acceptors (Lipinski definition) is 8. The van der Waals surface area contributed by atoms with E-state index in [0.717, 1.165) is 23.5 Å². The van der Waals surface area contributed by atoms with Crippen LogP contribution < -0.4 is 19.5 Å². The molecule has 0 saturated heterocycles. The summed E-state index contributed by atoms with van der Waals surface area (Å²) in [5, 5.41) is 10.7. The topological polar surface area (TPSA) is 82.6 Å². The van der Waals surface area contributed by atoms with E-state index in [1.807, 2.05) is 0 Å². The summed E-state index contributed by atoms with van der Waals surface area (Å²) in [4.78, 5) is 12.3. The third-order valence-electron chi connectivity index (χ3n) is 4.37. The molecule has 0 aliphatic rings. The Morgan fingerprint density at radius 3 is 2.41 bits per heavy atom. The highest BCUT2D eigenvalue weighted by Gasteiger charge is 2.30. The molecule has 1 amide bonds. The second-order valence-electron chi connectivity index (χ2n) is 6.64. The van der Waals surface area contributed by atoms with Gasteiger partial charge in [-0.05, 0) is 35.4 Å². The van der Waals surface area contributed by atoms with Crippen LogP contribution >= 0.6 is 23.1 Å². The lowest BCUT2D eigenvalue weighted by atomic mass is 10.1. The number of amides is 1. The number of alkyl halides is 3. The lowest BCUT2D eigenvalue weighted by molar-refractivity contribution is -0.137. The van der Waals surface area contributed by atoms with E-state index in [0.29, 0.717) is 32.7 Å². The minimum atomic E-state index is -4.39. The Labute approximate surface area is 201 Å². The average Bonchev–Trinajstić information content (AvgIpc) is 3.27. The maximum atomic E-state index is 12.8. The third-order valence-corrected chi connectivity index (χ3v) is 6.41. The molecule has 3 rings (SSSR count). The lowest BCUT2D eigenvalue weighted by Gasteiger charge is -2.12. The van der Waals surface area contributed by atoms with E-state index < -0.39 is 17.6 Å². The summed E-state index contributed by atoms with van der Waals surface area (Å²) in [6, 6.07) is 8.49. The minimum absolute atomic E-state index is 0.270. The van der Waals surface area contributed by atoms with Gasteiger partial charge in [-0.3, -0.25) is 10.1 Å². The van der Waals surface area contributed by atoms with Crippen molar-refractivity contribution in [2.45, 2.75) is 16.3 Å². The van der Waals surface area contributed by atoms with E-state index in [2.05, 4.69) is 15.5 Å². The first-order valence-electron chi connectivity index (χ1n) is 9.65. The average molecular weight is 512 g/mol. The zero-order chi connectivity index (χ0) is 24.7. The first-order valence-corrected chi connectivity index (χ1v) is 11.4. The van der Waals surface area contributed by atoms with Gasteiger partial charge in [0.1, 0.15) is 0 Å². The minimum Gasteiger partial charge on any atom is -0.493 e. The van der Waals surface area contributed by atoms with Crippen LogP contribution in [0.4, 0.5) is 18.3 Å². The Morgan fingerprint density at radius 2 is 1.79 bits per heavy atom. The summed E-state index contributed by atoms with van der Waals surface area (Å²) in [6.45, 7) is 0. The number of rotatable bonds is 9. The quantitative estimate of drug-likeness (QED) is 0.230. The van der Waals surface area contributed by atoms with Gasteiger partial charge in [-0.2, -0.15) is 13.2 Å². The number of nitrogens with zero attached hydrogens (tertiary/aromatic N) is 2. The fourth-order valence-corrected chi connectivity index (χ4v) is 4.52. The largest absolute Gasteiger partial charge is 0.493 e. The molecule has 0 bridgehead atoms. The molecule has 0 aliphatic carbocycles. The molecule has 34 heavy (non-hydrogen) atoms. The van der Waals surface area contributed by atoms with Crippen molar-refractivity contribution in [1.82, 2.24) is 10.2 Å². The molecule has 7 nitrogen and oxygen atoms in total. The summed E-state index contributed by atoms with van der Waals surface area (Å²) in [5.74, 6) is 1.20. The predicted octanol–water partition coefficient (Wildman–Crippen LogP) is 5.53. The highest BCUT2D eigenvalue weighted by atomic mass is 32.2. The number of carbonyl (C=O) groups is 1. The van der Waals surface area contributed by atoms with Crippen LogP contribution in [0.5, 0.6) is 17.2 Å². The molecule has 0 saturated carbocycles. The van der Waals surface area contributed by atoms with E-state index in [-0.39, 0.29) is 10.9 Å². The molecule has 0 unspecified atom stereocenters. The van der Waals surface area contributed by atoms with Crippen LogP contribution in [0.15, 0.2) is 46.8 Å². The van der Waals surface area contributed by atoms with Gasteiger partial charge in [-0.15, -0.1) is 10.2 Å². The SMILES string of the molecule is COc1cc(/C=C/C(=O)Nc2nnc(SCc3cccc(C(F)(F)F)c3)s2)cc(OC)c1OC. The maximum Gasteiger partial charge on any atom is 0.416 e. The molecule has 0 fully saturated rings. The van der Waals surface area contributed by atoms with Gasteiger partial charge in [0.25, 0.3) is 0 Å². The molecule has 3 aromatic rings. The monoisotopic (exact) mass is 511 g/mol. The van der Waals surface area contributed by atoms with Gasteiger partial charge in [-0.25, -0.2) is 0 Å². The summed E-state index contributed by atoms with van der Waals surface area (Å²) in [6.07, 6.45) is -1.50. The van der Waals surface area contributed by atoms with Crippen molar-refractivity contribution in [2.24, 2.45) is 0 Å². The number of halogens is 3. The summed E-state index contributed by atoms with van der Waals surface area (Å²) in [7, 11) is 4.49. The van der Waals surface area contributed by atoms with Crippen LogP contribution in [0.2, 0.25) is 0 Å². The van der Waals surface area contributed by atoms with Gasteiger partial charge in [-0.1, -0.05) is 41.3 Å². The van der Waals surface area contributed by atoms with Crippen LogP contribution in [0, 0.1) is 0 Å². The maximum absolute atomic E-state index is 12.8. The number of anilines is 1. The van der Waals surface area contributed by atoms with Crippen molar-refractivity contribution in [3.05, 3.63) is 59.2 Å². The summed E-state index contributed by atoms with van der Waals surface area (Å²) in [5.41, 5.74) is 0.461. The van der Waals surface area contributed by atoms with Gasteiger partial charge >= 0.3 is 6.18 Å². The molecule has 1 heterocycles. The van der Waals surface area contributed by atoms with Gasteiger partial charge in [0.05, 0.1) is 26.9 Å². The van der Waals surface area contributed by atoms with Crippen LogP contribution in [-0.4, -0.2) is 37.4 Å². The number of nitrogens with one attached hydrogen (secondary N) is 1. The van der Waals surface area contributed by atoms with Crippen molar-refractivity contribution in [3.8, 4) is 17.2 Å². The van der Waals surface area contributed by atoms with Crippen LogP contribution in [-0.2, 0) is 16.7 Å². The first-order chi connectivity index (χ1) is 16.2. The standard InChI is InChI=1S/C22H20F3N3O4S2/c1-30-16-10-13(11-17(31-2)19(16)32-3)7-8-18(29)26-20-27-28-21(34-20)33-12-14-5-4-6-15(9-14)22(23,24)25/h4-11H,12H2,1-3H3,(H,26,27,29)/b8-7+. The number of thioether (sulfide) groups is 1. The smallest absolute Gasteiger partial charge is 0.416 e. The molecule has 1 N–H and O–H groups in total. The van der Waals surface area contributed by atoms with Crippen molar-refractivity contribution in [3.63, 3.8) is 0 Å². The van der Waals surface area contributed by atoms with Gasteiger partial charge < -0.3 is 14.2 Å².